The number of hydrogen-bond acceptors (Lipinski definition) is 4. The average Bonchev–Trinajstić information content (AvgIpc) is 3.63. The van der Waals surface area contributed by atoms with Crippen LogP contribution in [0, 0.1) is 70.0 Å². The molecule has 6 bridgehead atoms. The zero-order valence-electron chi connectivity index (χ0n) is 20.9. The SMILES string of the molecule is C=C(C)C(=O)OCC12CC(C3CCCC31)C1C3CC(C4C5CCC(C5)C34)C12COC(=O)C(=C)C. The van der Waals surface area contributed by atoms with Crippen molar-refractivity contribution in [2.45, 2.75) is 65.2 Å². The van der Waals surface area contributed by atoms with E-state index in [1.54, 1.807) is 13.8 Å². The highest BCUT2D eigenvalue weighted by Gasteiger charge is 2.84. The first-order chi connectivity index (χ1) is 16.3. The van der Waals surface area contributed by atoms with Gasteiger partial charge in [0.05, 0.1) is 13.2 Å². The van der Waals surface area contributed by atoms with Crippen LogP contribution in [0.4, 0.5) is 0 Å². The number of rotatable bonds is 6. The molecule has 7 fully saturated rings. The van der Waals surface area contributed by atoms with Crippen LogP contribution in [-0.2, 0) is 19.1 Å². The predicted molar refractivity (Wildman–Crippen MR) is 128 cm³/mol. The van der Waals surface area contributed by atoms with Crippen molar-refractivity contribution in [3.63, 3.8) is 0 Å². The second-order valence-electron chi connectivity index (χ2n) is 13.5. The molecule has 34 heavy (non-hydrogen) atoms. The van der Waals surface area contributed by atoms with E-state index in [2.05, 4.69) is 13.2 Å². The minimum atomic E-state index is -0.258. The molecule has 7 aliphatic rings. The maximum absolute atomic E-state index is 12.7. The average molecular weight is 465 g/mol. The van der Waals surface area contributed by atoms with Crippen LogP contribution in [0.5, 0.6) is 0 Å². The van der Waals surface area contributed by atoms with E-state index in [1.807, 2.05) is 0 Å². The van der Waals surface area contributed by atoms with E-state index in [0.717, 1.165) is 41.4 Å². The van der Waals surface area contributed by atoms with Crippen LogP contribution >= 0.6 is 0 Å². The topological polar surface area (TPSA) is 52.6 Å². The number of esters is 2. The molecule has 0 heterocycles. The van der Waals surface area contributed by atoms with E-state index < -0.39 is 0 Å². The van der Waals surface area contributed by atoms with Gasteiger partial charge in [-0.15, -0.1) is 0 Å². The van der Waals surface area contributed by atoms with E-state index in [1.165, 1.54) is 51.4 Å². The summed E-state index contributed by atoms with van der Waals surface area (Å²) < 4.78 is 12.2. The second-order valence-corrected chi connectivity index (χ2v) is 13.5. The fraction of sp³-hybridized carbons (Fsp3) is 0.800. The Morgan fingerprint density at radius 1 is 0.794 bits per heavy atom. The fourth-order valence-corrected chi connectivity index (χ4v) is 12.3. The standard InChI is InChI=1S/C30H40O4/c1-15(2)27(31)33-13-29-12-21(19-6-5-7-22(19)29)26-20-11-23(25-18-9-8-17(10-18)24(20)25)30(26,29)14-34-28(32)16(3)4/h17-26H,1,3,5-14H2,2,4H3. The van der Waals surface area contributed by atoms with Gasteiger partial charge in [-0.05, 0) is 118 Å². The fourth-order valence-electron chi connectivity index (χ4n) is 12.3. The molecule has 7 aliphatic carbocycles. The number of hydrogen-bond donors (Lipinski definition) is 0. The summed E-state index contributed by atoms with van der Waals surface area (Å²) >= 11 is 0. The van der Waals surface area contributed by atoms with Crippen molar-refractivity contribution < 1.29 is 19.1 Å². The maximum Gasteiger partial charge on any atom is 0.333 e. The van der Waals surface area contributed by atoms with Crippen LogP contribution < -0.4 is 0 Å². The van der Waals surface area contributed by atoms with E-state index in [0.29, 0.717) is 42.1 Å². The molecule has 0 aromatic rings. The smallest absolute Gasteiger partial charge is 0.333 e. The lowest BCUT2D eigenvalue weighted by Crippen LogP contribution is -2.61. The van der Waals surface area contributed by atoms with Gasteiger partial charge in [0.25, 0.3) is 0 Å². The Morgan fingerprint density at radius 3 is 2.18 bits per heavy atom. The quantitative estimate of drug-likeness (QED) is 0.293. The van der Waals surface area contributed by atoms with Crippen LogP contribution in [0.15, 0.2) is 24.3 Å². The maximum atomic E-state index is 12.7. The van der Waals surface area contributed by atoms with Crippen LogP contribution in [-0.4, -0.2) is 25.2 Å². The molecule has 4 heteroatoms. The lowest BCUT2D eigenvalue weighted by Gasteiger charge is -2.60. The zero-order valence-corrected chi connectivity index (χ0v) is 20.9. The van der Waals surface area contributed by atoms with Crippen molar-refractivity contribution >= 4 is 11.9 Å². The van der Waals surface area contributed by atoms with Gasteiger partial charge in [-0.3, -0.25) is 0 Å². The Kier molecular flexibility index (Phi) is 4.47. The van der Waals surface area contributed by atoms with Gasteiger partial charge >= 0.3 is 11.9 Å². The molecule has 7 saturated carbocycles. The third-order valence-corrected chi connectivity index (χ3v) is 12.7. The third kappa shape index (κ3) is 2.37. The molecule has 7 rings (SSSR count). The number of ether oxygens (including phenoxy) is 2. The minimum Gasteiger partial charge on any atom is -0.462 e. The molecule has 4 nitrogen and oxygen atoms in total. The molecular formula is C30H40O4. The molecular weight excluding hydrogens is 424 g/mol. The van der Waals surface area contributed by atoms with Gasteiger partial charge in [0.1, 0.15) is 0 Å². The largest absolute Gasteiger partial charge is 0.462 e. The number of carbonyl (C=O) groups excluding carboxylic acids is 2. The van der Waals surface area contributed by atoms with Crippen LogP contribution in [0.2, 0.25) is 0 Å². The van der Waals surface area contributed by atoms with Crippen molar-refractivity contribution in [1.29, 1.82) is 0 Å². The molecule has 0 radical (unpaired) electrons. The van der Waals surface area contributed by atoms with Gasteiger partial charge in [0.2, 0.25) is 0 Å². The highest BCUT2D eigenvalue weighted by Crippen LogP contribution is 2.87. The lowest BCUT2D eigenvalue weighted by molar-refractivity contribution is -0.193. The minimum absolute atomic E-state index is 0.0278. The summed E-state index contributed by atoms with van der Waals surface area (Å²) in [6.07, 6.45) is 10.6. The Bertz CT molecular complexity index is 982. The van der Waals surface area contributed by atoms with E-state index in [9.17, 15) is 9.59 Å². The highest BCUT2D eigenvalue weighted by molar-refractivity contribution is 5.87. The Labute approximate surface area is 203 Å². The van der Waals surface area contributed by atoms with Crippen LogP contribution in [0.1, 0.15) is 65.2 Å². The normalized spacial score (nSPS) is 52.4. The molecule has 0 N–H and O–H groups in total. The van der Waals surface area contributed by atoms with Crippen molar-refractivity contribution in [2.24, 2.45) is 70.0 Å². The van der Waals surface area contributed by atoms with Gasteiger partial charge in [-0.1, -0.05) is 19.6 Å². The van der Waals surface area contributed by atoms with Crippen LogP contribution in [0.3, 0.4) is 0 Å². The van der Waals surface area contributed by atoms with E-state index >= 15 is 0 Å². The summed E-state index contributed by atoms with van der Waals surface area (Å²) in [4.78, 5) is 25.4. The molecule has 0 aliphatic heterocycles. The first-order valence-corrected chi connectivity index (χ1v) is 14.0. The van der Waals surface area contributed by atoms with Crippen molar-refractivity contribution in [1.82, 2.24) is 0 Å². The molecule has 0 aromatic heterocycles. The zero-order chi connectivity index (χ0) is 23.6. The van der Waals surface area contributed by atoms with Crippen molar-refractivity contribution in [3.05, 3.63) is 24.3 Å². The Balaban J connectivity index is 1.33. The third-order valence-electron chi connectivity index (χ3n) is 12.7. The molecule has 12 unspecified atom stereocenters. The monoisotopic (exact) mass is 464 g/mol. The summed E-state index contributed by atoms with van der Waals surface area (Å²) in [6, 6.07) is 0. The number of fused-ring (bicyclic) bond motifs is 19. The molecule has 0 saturated heterocycles. The Hall–Kier alpha value is -1.58. The lowest BCUT2D eigenvalue weighted by atomic mass is 9.45. The molecule has 184 valence electrons. The summed E-state index contributed by atoms with van der Waals surface area (Å²) in [5.74, 6) is 7.16. The van der Waals surface area contributed by atoms with Crippen LogP contribution in [0.25, 0.3) is 0 Å². The summed E-state index contributed by atoms with van der Waals surface area (Å²) in [5.41, 5.74) is 0.891. The first kappa shape index (κ1) is 21.7. The van der Waals surface area contributed by atoms with E-state index in [4.69, 9.17) is 9.47 Å². The van der Waals surface area contributed by atoms with E-state index in [-0.39, 0.29) is 22.8 Å². The second kappa shape index (κ2) is 7.01. The van der Waals surface area contributed by atoms with Gasteiger partial charge < -0.3 is 9.47 Å². The van der Waals surface area contributed by atoms with Gasteiger partial charge in [0, 0.05) is 22.0 Å². The summed E-state index contributed by atoms with van der Waals surface area (Å²) in [5, 5.41) is 0. The molecule has 0 aromatic carbocycles. The Morgan fingerprint density at radius 2 is 1.47 bits per heavy atom. The van der Waals surface area contributed by atoms with Crippen molar-refractivity contribution in [2.75, 3.05) is 13.2 Å². The molecule has 0 spiro atoms. The predicted octanol–water partition coefficient (Wildman–Crippen LogP) is 5.58. The van der Waals surface area contributed by atoms with Gasteiger partial charge in [0.15, 0.2) is 0 Å². The highest BCUT2D eigenvalue weighted by atomic mass is 16.5. The number of carbonyl (C=O) groups is 2. The summed E-state index contributed by atoms with van der Waals surface area (Å²) in [7, 11) is 0. The molecule has 0 amide bonds. The van der Waals surface area contributed by atoms with Gasteiger partial charge in [-0.2, -0.15) is 0 Å². The summed E-state index contributed by atoms with van der Waals surface area (Å²) in [6.45, 7) is 12.2. The first-order valence-electron chi connectivity index (χ1n) is 14.0. The van der Waals surface area contributed by atoms with Crippen molar-refractivity contribution in [3.8, 4) is 0 Å². The molecule has 12 atom stereocenters. The van der Waals surface area contributed by atoms with Gasteiger partial charge in [-0.25, -0.2) is 9.59 Å².